The Hall–Kier alpha value is -0.990. The Kier molecular flexibility index (Phi) is 4.46. The van der Waals surface area contributed by atoms with Crippen molar-refractivity contribution in [2.45, 2.75) is 26.3 Å². The van der Waals surface area contributed by atoms with E-state index in [1.54, 1.807) is 0 Å². The molecule has 0 amide bonds. The second-order valence-electron chi connectivity index (χ2n) is 4.15. The maximum Gasteiger partial charge on any atom is 0.0670 e. The van der Waals surface area contributed by atoms with E-state index in [-0.39, 0.29) is 0 Å². The third-order valence-corrected chi connectivity index (χ3v) is 3.16. The third-order valence-electron chi connectivity index (χ3n) is 2.86. The van der Waals surface area contributed by atoms with Gasteiger partial charge in [-0.2, -0.15) is 0 Å². The first-order chi connectivity index (χ1) is 8.33. The molecule has 0 saturated carbocycles. The summed E-state index contributed by atoms with van der Waals surface area (Å²) in [6, 6.07) is 8.08. The minimum atomic E-state index is 0.745. The smallest absolute Gasteiger partial charge is 0.0670 e. The molecular weight excluding hydrogens is 234 g/mol. The minimum Gasteiger partial charge on any atom is -0.380 e. The molecule has 3 heteroatoms. The molecule has 0 aliphatic heterocycles. The van der Waals surface area contributed by atoms with Crippen LogP contribution in [0.4, 0.5) is 0 Å². The summed E-state index contributed by atoms with van der Waals surface area (Å²) in [6.45, 7) is 4.62. The molecule has 1 aromatic carbocycles. The lowest BCUT2D eigenvalue weighted by molar-refractivity contribution is 0.124. The lowest BCUT2D eigenvalue weighted by Gasteiger charge is -2.07. The number of nitrogens with zero attached hydrogens (tertiary/aromatic N) is 1. The number of aromatic nitrogens is 1. The second kappa shape index (κ2) is 6.08. The Balaban J connectivity index is 1.99. The average Bonchev–Trinajstić information content (AvgIpc) is 2.74. The highest BCUT2D eigenvalue weighted by Gasteiger charge is 2.04. The molecule has 2 aromatic rings. The Morgan fingerprint density at radius 3 is 2.94 bits per heavy atom. The molecule has 0 aliphatic carbocycles. The van der Waals surface area contributed by atoms with Gasteiger partial charge in [0.05, 0.1) is 17.1 Å². The van der Waals surface area contributed by atoms with Crippen LogP contribution in [0.15, 0.2) is 30.5 Å². The molecule has 0 unspecified atom stereocenters. The fourth-order valence-corrected chi connectivity index (χ4v) is 2.20. The normalized spacial score (nSPS) is 11.2. The maximum absolute atomic E-state index is 6.20. The van der Waals surface area contributed by atoms with Gasteiger partial charge in [-0.25, -0.2) is 0 Å². The molecule has 0 atom stereocenters. The molecule has 2 rings (SSSR count). The fourth-order valence-electron chi connectivity index (χ4n) is 1.91. The summed E-state index contributed by atoms with van der Waals surface area (Å²) >= 11 is 6.20. The van der Waals surface area contributed by atoms with Gasteiger partial charge >= 0.3 is 0 Å². The standard InChI is InChI=1S/C14H18ClNO/c1-2-3-10-17-11-9-16-8-7-12-5-4-6-13(15)14(12)16/h4-8H,2-3,9-11H2,1H3. The maximum atomic E-state index is 6.20. The summed E-state index contributed by atoms with van der Waals surface area (Å²) in [4.78, 5) is 0. The van der Waals surface area contributed by atoms with Crippen LogP contribution in [0, 0.1) is 0 Å². The van der Waals surface area contributed by atoms with Gasteiger partial charge in [0.25, 0.3) is 0 Å². The fraction of sp³-hybridized carbons (Fsp3) is 0.429. The zero-order chi connectivity index (χ0) is 12.1. The summed E-state index contributed by atoms with van der Waals surface area (Å²) in [6.07, 6.45) is 4.38. The molecule has 0 fully saturated rings. The van der Waals surface area contributed by atoms with Gasteiger partial charge in [-0.15, -0.1) is 0 Å². The topological polar surface area (TPSA) is 14.2 Å². The van der Waals surface area contributed by atoms with Crippen LogP contribution >= 0.6 is 11.6 Å². The van der Waals surface area contributed by atoms with Crippen molar-refractivity contribution in [3.05, 3.63) is 35.5 Å². The number of rotatable bonds is 6. The van der Waals surface area contributed by atoms with Gasteiger partial charge < -0.3 is 9.30 Å². The van der Waals surface area contributed by atoms with Crippen LogP contribution in [-0.2, 0) is 11.3 Å². The van der Waals surface area contributed by atoms with E-state index in [0.29, 0.717) is 0 Å². The monoisotopic (exact) mass is 251 g/mol. The van der Waals surface area contributed by atoms with E-state index >= 15 is 0 Å². The molecule has 0 aliphatic rings. The van der Waals surface area contributed by atoms with Crippen LogP contribution < -0.4 is 0 Å². The first-order valence-corrected chi connectivity index (χ1v) is 6.52. The van der Waals surface area contributed by atoms with Gasteiger partial charge in [-0.3, -0.25) is 0 Å². The highest BCUT2D eigenvalue weighted by atomic mass is 35.5. The molecule has 0 bridgehead atoms. The van der Waals surface area contributed by atoms with Crippen molar-refractivity contribution in [1.29, 1.82) is 0 Å². The summed E-state index contributed by atoms with van der Waals surface area (Å²) in [7, 11) is 0. The lowest BCUT2D eigenvalue weighted by Crippen LogP contribution is -2.05. The predicted octanol–water partition coefficient (Wildman–Crippen LogP) is 4.11. The summed E-state index contributed by atoms with van der Waals surface area (Å²) in [5.41, 5.74) is 1.10. The molecule has 0 radical (unpaired) electrons. The first kappa shape index (κ1) is 12.5. The molecule has 92 valence electrons. The molecule has 2 nitrogen and oxygen atoms in total. The van der Waals surface area contributed by atoms with Crippen molar-refractivity contribution in [2.24, 2.45) is 0 Å². The Morgan fingerprint density at radius 2 is 2.12 bits per heavy atom. The van der Waals surface area contributed by atoms with Crippen molar-refractivity contribution < 1.29 is 4.74 Å². The van der Waals surface area contributed by atoms with Crippen molar-refractivity contribution in [2.75, 3.05) is 13.2 Å². The number of hydrogen-bond acceptors (Lipinski definition) is 1. The molecular formula is C14H18ClNO. The number of para-hydroxylation sites is 1. The Morgan fingerprint density at radius 1 is 1.24 bits per heavy atom. The number of fused-ring (bicyclic) bond motifs is 1. The third kappa shape index (κ3) is 3.02. The van der Waals surface area contributed by atoms with Crippen LogP contribution in [-0.4, -0.2) is 17.8 Å². The van der Waals surface area contributed by atoms with E-state index in [2.05, 4.69) is 29.8 Å². The van der Waals surface area contributed by atoms with Gasteiger partial charge in [-0.05, 0) is 18.6 Å². The number of hydrogen-bond donors (Lipinski definition) is 0. The minimum absolute atomic E-state index is 0.745. The largest absolute Gasteiger partial charge is 0.380 e. The highest BCUT2D eigenvalue weighted by Crippen LogP contribution is 2.24. The van der Waals surface area contributed by atoms with Crippen molar-refractivity contribution in [3.63, 3.8) is 0 Å². The molecule has 17 heavy (non-hydrogen) atoms. The van der Waals surface area contributed by atoms with Crippen LogP contribution in [0.3, 0.4) is 0 Å². The van der Waals surface area contributed by atoms with Gasteiger partial charge in [0, 0.05) is 24.7 Å². The zero-order valence-corrected chi connectivity index (χ0v) is 10.9. The van der Waals surface area contributed by atoms with E-state index < -0.39 is 0 Å². The van der Waals surface area contributed by atoms with Gasteiger partial charge in [0.2, 0.25) is 0 Å². The van der Waals surface area contributed by atoms with Crippen LogP contribution in [0.2, 0.25) is 5.02 Å². The van der Waals surface area contributed by atoms with Crippen molar-refractivity contribution in [1.82, 2.24) is 4.57 Å². The molecule has 0 N–H and O–H groups in total. The lowest BCUT2D eigenvalue weighted by atomic mass is 10.2. The number of halogens is 1. The van der Waals surface area contributed by atoms with Crippen LogP contribution in [0.1, 0.15) is 19.8 Å². The SMILES string of the molecule is CCCCOCCn1ccc2cccc(Cl)c21. The molecule has 0 spiro atoms. The van der Waals surface area contributed by atoms with Gasteiger partial charge in [-0.1, -0.05) is 37.1 Å². The molecule has 1 heterocycles. The Bertz CT molecular complexity index is 478. The van der Waals surface area contributed by atoms with Crippen LogP contribution in [0.5, 0.6) is 0 Å². The quantitative estimate of drug-likeness (QED) is 0.705. The van der Waals surface area contributed by atoms with E-state index in [4.69, 9.17) is 16.3 Å². The number of unbranched alkanes of at least 4 members (excludes halogenated alkanes) is 1. The van der Waals surface area contributed by atoms with E-state index in [0.717, 1.165) is 36.7 Å². The number of benzene rings is 1. The van der Waals surface area contributed by atoms with Crippen molar-refractivity contribution >= 4 is 22.5 Å². The summed E-state index contributed by atoms with van der Waals surface area (Å²) < 4.78 is 7.73. The van der Waals surface area contributed by atoms with Gasteiger partial charge in [0.1, 0.15) is 0 Å². The van der Waals surface area contributed by atoms with Crippen LogP contribution in [0.25, 0.3) is 10.9 Å². The molecule has 1 aromatic heterocycles. The van der Waals surface area contributed by atoms with Crippen molar-refractivity contribution in [3.8, 4) is 0 Å². The average molecular weight is 252 g/mol. The summed E-state index contributed by atoms with van der Waals surface area (Å²) in [5, 5.41) is 1.99. The van der Waals surface area contributed by atoms with E-state index in [9.17, 15) is 0 Å². The van der Waals surface area contributed by atoms with E-state index in [1.807, 2.05) is 12.1 Å². The number of ether oxygens (including phenoxy) is 1. The second-order valence-corrected chi connectivity index (χ2v) is 4.56. The highest BCUT2D eigenvalue weighted by molar-refractivity contribution is 6.35. The predicted molar refractivity (Wildman–Crippen MR) is 72.7 cm³/mol. The molecule has 0 saturated heterocycles. The first-order valence-electron chi connectivity index (χ1n) is 6.14. The zero-order valence-electron chi connectivity index (χ0n) is 10.2. The van der Waals surface area contributed by atoms with E-state index in [1.165, 1.54) is 11.8 Å². The summed E-state index contributed by atoms with van der Waals surface area (Å²) in [5.74, 6) is 0. The van der Waals surface area contributed by atoms with Gasteiger partial charge in [0.15, 0.2) is 0 Å². The Labute approximate surface area is 107 Å².